The number of rotatable bonds is 57. The Labute approximate surface area is 405 Å². The fourth-order valence-corrected chi connectivity index (χ4v) is 9.77. The van der Waals surface area contributed by atoms with Gasteiger partial charge in [0.15, 0.2) is 0 Å². The molecule has 0 aliphatic carbocycles. The average molecular weight is 945 g/mol. The SMILES string of the molecule is CCCCCCCCCCCCCCCCCCCCCCCCCCOCC(COP(=O)(O)OCCN)OC(=O)CCCCCCCCCCCCCCCCCCCCCCCC. The summed E-state index contributed by atoms with van der Waals surface area (Å²) in [4.78, 5) is 22.7. The number of hydrogen-bond donors (Lipinski definition) is 2. The van der Waals surface area contributed by atoms with Gasteiger partial charge in [-0.15, -0.1) is 0 Å². The monoisotopic (exact) mass is 944 g/mol. The lowest BCUT2D eigenvalue weighted by Crippen LogP contribution is -2.28. The van der Waals surface area contributed by atoms with Crippen LogP contribution in [0.3, 0.4) is 0 Å². The molecule has 0 fully saturated rings. The quantitative estimate of drug-likeness (QED) is 0.0352. The Hall–Kier alpha value is -0.500. The van der Waals surface area contributed by atoms with Gasteiger partial charge in [-0.05, 0) is 12.8 Å². The van der Waals surface area contributed by atoms with Gasteiger partial charge in [0.25, 0.3) is 0 Å². The highest BCUT2D eigenvalue weighted by Gasteiger charge is 2.25. The second kappa shape index (κ2) is 54.4. The Bertz CT molecular complexity index is 971. The topological polar surface area (TPSA) is 117 Å². The van der Waals surface area contributed by atoms with Crippen molar-refractivity contribution >= 4 is 13.8 Å². The van der Waals surface area contributed by atoms with Crippen LogP contribution in [0, 0.1) is 0 Å². The summed E-state index contributed by atoms with van der Waals surface area (Å²) >= 11 is 0. The number of ether oxygens (including phenoxy) is 2. The molecule has 2 atom stereocenters. The van der Waals surface area contributed by atoms with Crippen molar-refractivity contribution in [2.24, 2.45) is 5.73 Å². The summed E-state index contributed by atoms with van der Waals surface area (Å²) in [6.45, 7) is 5.03. The molecule has 0 saturated heterocycles. The standard InChI is InChI=1S/C56H114NO7P/c1-3-5-7-9-11-13-15-17-19-21-23-25-27-28-30-32-34-36-38-40-42-44-46-48-51-61-53-55(54-63-65(59,60)62-52-50-57)64-56(58)49-47-45-43-41-39-37-35-33-31-29-26-24-22-20-18-16-14-12-10-8-6-4-2/h55H,3-54,57H2,1-2H3,(H,59,60). The summed E-state index contributed by atoms with van der Waals surface area (Å²) < 4.78 is 33.7. The molecule has 0 bridgehead atoms. The van der Waals surface area contributed by atoms with Gasteiger partial charge in [0.2, 0.25) is 0 Å². The smallest absolute Gasteiger partial charge is 0.457 e. The number of phosphoric acid groups is 1. The first-order valence-corrected chi connectivity index (χ1v) is 30.5. The van der Waals surface area contributed by atoms with Gasteiger partial charge in [0, 0.05) is 19.6 Å². The summed E-state index contributed by atoms with van der Waals surface area (Å²) in [6, 6.07) is 0. The molecule has 65 heavy (non-hydrogen) atoms. The summed E-state index contributed by atoms with van der Waals surface area (Å²) in [5, 5.41) is 0. The van der Waals surface area contributed by atoms with Crippen molar-refractivity contribution in [3.8, 4) is 0 Å². The molecule has 3 N–H and O–H groups in total. The highest BCUT2D eigenvalue weighted by molar-refractivity contribution is 7.47. The van der Waals surface area contributed by atoms with Crippen molar-refractivity contribution in [3.05, 3.63) is 0 Å². The summed E-state index contributed by atoms with van der Waals surface area (Å²) in [6.07, 6.45) is 61.6. The van der Waals surface area contributed by atoms with Gasteiger partial charge in [-0.1, -0.05) is 296 Å². The van der Waals surface area contributed by atoms with Crippen LogP contribution in [0.15, 0.2) is 0 Å². The number of carbonyl (C=O) groups excluding carboxylic acids is 1. The van der Waals surface area contributed by atoms with Crippen LogP contribution in [0.4, 0.5) is 0 Å². The predicted molar refractivity (Wildman–Crippen MR) is 280 cm³/mol. The predicted octanol–water partition coefficient (Wildman–Crippen LogP) is 18.4. The van der Waals surface area contributed by atoms with Crippen LogP contribution in [0.2, 0.25) is 0 Å². The van der Waals surface area contributed by atoms with Gasteiger partial charge in [0.05, 0.1) is 19.8 Å². The van der Waals surface area contributed by atoms with E-state index in [2.05, 4.69) is 13.8 Å². The van der Waals surface area contributed by atoms with Crippen LogP contribution in [0.25, 0.3) is 0 Å². The van der Waals surface area contributed by atoms with Crippen molar-refractivity contribution in [3.63, 3.8) is 0 Å². The molecule has 0 aliphatic rings. The molecule has 0 aromatic carbocycles. The van der Waals surface area contributed by atoms with Crippen LogP contribution in [0.1, 0.15) is 316 Å². The van der Waals surface area contributed by atoms with Gasteiger partial charge in [-0.25, -0.2) is 4.57 Å². The number of hydrogen-bond acceptors (Lipinski definition) is 7. The first-order chi connectivity index (χ1) is 31.9. The number of phosphoric ester groups is 1. The fourth-order valence-electron chi connectivity index (χ4n) is 9.00. The van der Waals surface area contributed by atoms with E-state index in [1.165, 1.54) is 263 Å². The van der Waals surface area contributed by atoms with E-state index < -0.39 is 13.9 Å². The Morgan fingerprint density at radius 1 is 0.400 bits per heavy atom. The molecule has 0 spiro atoms. The van der Waals surface area contributed by atoms with E-state index in [9.17, 15) is 14.3 Å². The number of carbonyl (C=O) groups is 1. The second-order valence-corrected chi connectivity index (χ2v) is 21.3. The van der Waals surface area contributed by atoms with Gasteiger partial charge in [0.1, 0.15) is 6.10 Å². The maximum atomic E-state index is 12.7. The fraction of sp³-hybridized carbons (Fsp3) is 0.982. The first-order valence-electron chi connectivity index (χ1n) is 29.0. The molecule has 0 heterocycles. The molecule has 2 unspecified atom stereocenters. The van der Waals surface area contributed by atoms with Gasteiger partial charge in [-0.2, -0.15) is 0 Å². The molecule has 0 rings (SSSR count). The number of esters is 1. The normalized spacial score (nSPS) is 13.1. The van der Waals surface area contributed by atoms with E-state index in [4.69, 9.17) is 24.3 Å². The zero-order valence-electron chi connectivity index (χ0n) is 43.8. The lowest BCUT2D eigenvalue weighted by atomic mass is 10.0. The maximum Gasteiger partial charge on any atom is 0.472 e. The maximum absolute atomic E-state index is 12.7. The largest absolute Gasteiger partial charge is 0.472 e. The Morgan fingerprint density at radius 2 is 0.677 bits per heavy atom. The van der Waals surface area contributed by atoms with E-state index in [1.54, 1.807) is 0 Å². The van der Waals surface area contributed by atoms with Crippen LogP contribution in [0.5, 0.6) is 0 Å². The van der Waals surface area contributed by atoms with Crippen molar-refractivity contribution in [2.75, 3.05) is 33.0 Å². The molecular weight excluding hydrogens is 830 g/mol. The lowest BCUT2D eigenvalue weighted by molar-refractivity contribution is -0.154. The Morgan fingerprint density at radius 3 is 0.969 bits per heavy atom. The average Bonchev–Trinajstić information content (AvgIpc) is 3.30. The van der Waals surface area contributed by atoms with Crippen molar-refractivity contribution in [1.82, 2.24) is 0 Å². The van der Waals surface area contributed by atoms with E-state index in [1.807, 2.05) is 0 Å². The van der Waals surface area contributed by atoms with E-state index in [-0.39, 0.29) is 32.3 Å². The zero-order chi connectivity index (χ0) is 47.3. The molecule has 0 aliphatic heterocycles. The lowest BCUT2D eigenvalue weighted by Gasteiger charge is -2.20. The van der Waals surface area contributed by atoms with Crippen LogP contribution in [-0.2, 0) is 27.9 Å². The minimum absolute atomic E-state index is 0.0895. The highest BCUT2D eigenvalue weighted by atomic mass is 31.2. The minimum Gasteiger partial charge on any atom is -0.457 e. The zero-order valence-corrected chi connectivity index (χ0v) is 44.7. The number of nitrogens with two attached hydrogens (primary N) is 1. The molecule has 0 aromatic rings. The van der Waals surface area contributed by atoms with Crippen molar-refractivity contribution < 1.29 is 32.8 Å². The van der Waals surface area contributed by atoms with E-state index in [0.717, 1.165) is 32.1 Å². The molecule has 390 valence electrons. The first kappa shape index (κ1) is 64.5. The van der Waals surface area contributed by atoms with Crippen molar-refractivity contribution in [1.29, 1.82) is 0 Å². The molecule has 8 nitrogen and oxygen atoms in total. The Balaban J connectivity index is 3.81. The second-order valence-electron chi connectivity index (χ2n) is 19.9. The van der Waals surface area contributed by atoms with Crippen LogP contribution >= 0.6 is 7.82 Å². The third-order valence-corrected chi connectivity index (χ3v) is 14.3. The minimum atomic E-state index is -4.28. The molecular formula is C56H114NO7P. The molecule has 0 amide bonds. The molecule has 9 heteroatoms. The van der Waals surface area contributed by atoms with E-state index >= 15 is 0 Å². The summed E-state index contributed by atoms with van der Waals surface area (Å²) in [5.74, 6) is -0.319. The third kappa shape index (κ3) is 54.3. The third-order valence-electron chi connectivity index (χ3n) is 13.3. The molecule has 0 saturated carbocycles. The van der Waals surface area contributed by atoms with Crippen LogP contribution in [-0.4, -0.2) is 49.9 Å². The number of unbranched alkanes of at least 4 members (excludes halogenated alkanes) is 44. The highest BCUT2D eigenvalue weighted by Crippen LogP contribution is 2.43. The van der Waals surface area contributed by atoms with E-state index in [0.29, 0.717) is 13.0 Å². The van der Waals surface area contributed by atoms with Gasteiger partial charge in [-0.3, -0.25) is 13.8 Å². The summed E-state index contributed by atoms with van der Waals surface area (Å²) in [7, 11) is -4.28. The van der Waals surface area contributed by atoms with Crippen molar-refractivity contribution in [2.45, 2.75) is 322 Å². The van der Waals surface area contributed by atoms with Gasteiger partial charge < -0.3 is 20.1 Å². The molecule has 0 radical (unpaired) electrons. The van der Waals surface area contributed by atoms with Gasteiger partial charge >= 0.3 is 13.8 Å². The Kier molecular flexibility index (Phi) is 54.0. The molecule has 0 aromatic heterocycles. The summed E-state index contributed by atoms with van der Waals surface area (Å²) in [5.41, 5.74) is 5.40. The van der Waals surface area contributed by atoms with Crippen LogP contribution < -0.4 is 5.73 Å².